The van der Waals surface area contributed by atoms with Crippen LogP contribution in [0.5, 0.6) is 0 Å². The zero-order chi connectivity index (χ0) is 13.1. The number of aryl methyl sites for hydroxylation is 1. The van der Waals surface area contributed by atoms with Crippen molar-refractivity contribution in [3.8, 4) is 5.69 Å². The van der Waals surface area contributed by atoms with Gasteiger partial charge in [-0.3, -0.25) is 0 Å². The second-order valence-corrected chi connectivity index (χ2v) is 4.54. The third kappa shape index (κ3) is 2.71. The van der Waals surface area contributed by atoms with Crippen LogP contribution in [0.2, 0.25) is 5.02 Å². The van der Waals surface area contributed by atoms with E-state index in [2.05, 4.69) is 10.4 Å². The first-order valence-corrected chi connectivity index (χ1v) is 6.15. The number of nitrogens with one attached hydrogen (secondary N) is 1. The lowest BCUT2D eigenvalue weighted by Gasteiger charge is -2.02. The molecule has 96 valence electrons. The topological polar surface area (TPSA) is 29.9 Å². The Labute approximate surface area is 111 Å². The smallest absolute Gasteiger partial charge is 0.141 e. The van der Waals surface area contributed by atoms with Gasteiger partial charge >= 0.3 is 0 Å². The lowest BCUT2D eigenvalue weighted by Crippen LogP contribution is -2.10. The second-order valence-electron chi connectivity index (χ2n) is 4.14. The maximum absolute atomic E-state index is 13.1. The van der Waals surface area contributed by atoms with Crippen LogP contribution in [-0.2, 0) is 6.42 Å². The van der Waals surface area contributed by atoms with Crippen molar-refractivity contribution in [1.82, 2.24) is 15.1 Å². The molecule has 0 unspecified atom stereocenters. The first-order chi connectivity index (χ1) is 8.61. The fourth-order valence-electron chi connectivity index (χ4n) is 1.76. The summed E-state index contributed by atoms with van der Waals surface area (Å²) in [5.74, 6) is -0.417. The van der Waals surface area contributed by atoms with E-state index in [1.807, 2.05) is 20.2 Å². The van der Waals surface area contributed by atoms with Crippen LogP contribution >= 0.6 is 11.6 Å². The quantitative estimate of drug-likeness (QED) is 0.923. The first kappa shape index (κ1) is 13.1. The van der Waals surface area contributed by atoms with Crippen molar-refractivity contribution in [1.29, 1.82) is 0 Å². The van der Waals surface area contributed by atoms with Gasteiger partial charge in [-0.1, -0.05) is 11.6 Å². The number of nitrogens with zero attached hydrogens (tertiary/aromatic N) is 2. The number of likely N-dealkylation sites (N-methyl/N-ethyl adjacent to an activating group) is 1. The molecular weight excluding hydrogens is 253 g/mol. The summed E-state index contributed by atoms with van der Waals surface area (Å²) in [7, 11) is 1.92. The Balaban J connectivity index is 2.30. The Morgan fingerprint density at radius 3 is 2.89 bits per heavy atom. The Morgan fingerprint density at radius 1 is 1.44 bits per heavy atom. The van der Waals surface area contributed by atoms with Gasteiger partial charge in [0.05, 0.1) is 16.4 Å². The summed E-state index contributed by atoms with van der Waals surface area (Å²) in [6, 6.07) is 4.59. The summed E-state index contributed by atoms with van der Waals surface area (Å²) in [6.45, 7) is 2.86. The number of hydrogen-bond acceptors (Lipinski definition) is 2. The van der Waals surface area contributed by atoms with Crippen LogP contribution in [0.15, 0.2) is 24.4 Å². The molecule has 0 bridgehead atoms. The van der Waals surface area contributed by atoms with Crippen molar-refractivity contribution in [2.24, 2.45) is 0 Å². The summed E-state index contributed by atoms with van der Waals surface area (Å²) in [4.78, 5) is 0. The van der Waals surface area contributed by atoms with Gasteiger partial charge in [-0.2, -0.15) is 5.10 Å². The van der Waals surface area contributed by atoms with Crippen molar-refractivity contribution in [2.45, 2.75) is 13.3 Å². The van der Waals surface area contributed by atoms with Crippen LogP contribution in [0.3, 0.4) is 0 Å². The summed E-state index contributed by atoms with van der Waals surface area (Å²) in [5.41, 5.74) is 2.91. The van der Waals surface area contributed by atoms with Crippen LogP contribution in [0.1, 0.15) is 11.3 Å². The molecule has 18 heavy (non-hydrogen) atoms. The van der Waals surface area contributed by atoms with Crippen molar-refractivity contribution in [2.75, 3.05) is 13.6 Å². The van der Waals surface area contributed by atoms with Gasteiger partial charge in [0.15, 0.2) is 0 Å². The lowest BCUT2D eigenvalue weighted by molar-refractivity contribution is 0.627. The molecule has 0 aliphatic heterocycles. The molecule has 0 saturated heterocycles. The van der Waals surface area contributed by atoms with Gasteiger partial charge in [0.2, 0.25) is 0 Å². The zero-order valence-electron chi connectivity index (χ0n) is 10.4. The fourth-order valence-corrected chi connectivity index (χ4v) is 1.94. The standard InChI is InChI=1S/C13H15ClFN3/c1-9-10(5-6-16-2)8-18(17-9)11-3-4-13(15)12(14)7-11/h3-4,7-8,16H,5-6H2,1-2H3. The molecule has 0 fully saturated rings. The molecule has 0 radical (unpaired) electrons. The number of halogens is 2. The number of rotatable bonds is 4. The highest BCUT2D eigenvalue weighted by atomic mass is 35.5. The van der Waals surface area contributed by atoms with E-state index in [4.69, 9.17) is 11.6 Å². The Kier molecular flexibility index (Phi) is 3.99. The minimum Gasteiger partial charge on any atom is -0.319 e. The molecule has 2 aromatic rings. The minimum atomic E-state index is -0.417. The summed E-state index contributed by atoms with van der Waals surface area (Å²) in [5, 5.41) is 7.62. The molecule has 5 heteroatoms. The molecule has 3 nitrogen and oxygen atoms in total. The van der Waals surface area contributed by atoms with Crippen molar-refractivity contribution >= 4 is 11.6 Å². The molecule has 1 aromatic carbocycles. The minimum absolute atomic E-state index is 0.109. The summed E-state index contributed by atoms with van der Waals surface area (Å²) in [6.07, 6.45) is 2.87. The molecule has 0 amide bonds. The van der Waals surface area contributed by atoms with Crippen molar-refractivity contribution in [3.05, 3.63) is 46.5 Å². The third-order valence-corrected chi connectivity index (χ3v) is 3.10. The zero-order valence-corrected chi connectivity index (χ0v) is 11.1. The molecule has 0 saturated carbocycles. The van der Waals surface area contributed by atoms with Crippen LogP contribution < -0.4 is 5.32 Å². The SMILES string of the molecule is CNCCc1cn(-c2ccc(F)c(Cl)c2)nc1C. The number of hydrogen-bond donors (Lipinski definition) is 1. The van der Waals surface area contributed by atoms with E-state index in [-0.39, 0.29) is 5.02 Å². The van der Waals surface area contributed by atoms with E-state index in [9.17, 15) is 4.39 Å². The molecule has 0 spiro atoms. The molecule has 2 rings (SSSR count). The number of aromatic nitrogens is 2. The van der Waals surface area contributed by atoms with E-state index in [1.54, 1.807) is 16.8 Å². The Bertz CT molecular complexity index is 551. The maximum atomic E-state index is 13.1. The summed E-state index contributed by atoms with van der Waals surface area (Å²) >= 11 is 5.77. The fraction of sp³-hybridized carbons (Fsp3) is 0.308. The molecule has 0 atom stereocenters. The van der Waals surface area contributed by atoms with Gasteiger partial charge in [0.25, 0.3) is 0 Å². The van der Waals surface area contributed by atoms with Gasteiger partial charge in [0, 0.05) is 6.20 Å². The highest BCUT2D eigenvalue weighted by molar-refractivity contribution is 6.30. The first-order valence-electron chi connectivity index (χ1n) is 5.77. The molecule has 1 aromatic heterocycles. The largest absolute Gasteiger partial charge is 0.319 e. The van der Waals surface area contributed by atoms with Crippen LogP contribution in [0.4, 0.5) is 4.39 Å². The molecular formula is C13H15ClFN3. The van der Waals surface area contributed by atoms with Gasteiger partial charge in [-0.25, -0.2) is 9.07 Å². The van der Waals surface area contributed by atoms with E-state index in [0.29, 0.717) is 0 Å². The average Bonchev–Trinajstić information content (AvgIpc) is 2.72. The monoisotopic (exact) mass is 267 g/mol. The maximum Gasteiger partial charge on any atom is 0.141 e. The molecule has 1 N–H and O–H groups in total. The summed E-state index contributed by atoms with van der Waals surface area (Å²) < 4.78 is 14.8. The van der Waals surface area contributed by atoms with Gasteiger partial charge < -0.3 is 5.32 Å². The van der Waals surface area contributed by atoms with Gasteiger partial charge in [-0.15, -0.1) is 0 Å². The van der Waals surface area contributed by atoms with Crippen LogP contribution in [0.25, 0.3) is 5.69 Å². The Morgan fingerprint density at radius 2 is 2.22 bits per heavy atom. The van der Waals surface area contributed by atoms with Gasteiger partial charge in [-0.05, 0) is 50.7 Å². The molecule has 1 heterocycles. The van der Waals surface area contributed by atoms with Crippen molar-refractivity contribution < 1.29 is 4.39 Å². The van der Waals surface area contributed by atoms with E-state index >= 15 is 0 Å². The van der Waals surface area contributed by atoms with E-state index in [0.717, 1.165) is 24.3 Å². The predicted molar refractivity (Wildman–Crippen MR) is 70.9 cm³/mol. The highest BCUT2D eigenvalue weighted by Gasteiger charge is 2.07. The number of benzene rings is 1. The van der Waals surface area contributed by atoms with Gasteiger partial charge in [0.1, 0.15) is 5.82 Å². The normalized spacial score (nSPS) is 10.9. The highest BCUT2D eigenvalue weighted by Crippen LogP contribution is 2.19. The van der Waals surface area contributed by atoms with E-state index in [1.165, 1.54) is 11.6 Å². The molecule has 0 aliphatic rings. The van der Waals surface area contributed by atoms with Crippen LogP contribution in [0, 0.1) is 12.7 Å². The second kappa shape index (κ2) is 5.50. The van der Waals surface area contributed by atoms with Crippen molar-refractivity contribution in [3.63, 3.8) is 0 Å². The third-order valence-electron chi connectivity index (χ3n) is 2.81. The predicted octanol–water partition coefficient (Wildman–Crippen LogP) is 2.74. The average molecular weight is 268 g/mol. The molecule has 0 aliphatic carbocycles. The van der Waals surface area contributed by atoms with E-state index < -0.39 is 5.82 Å². The van der Waals surface area contributed by atoms with Crippen LogP contribution in [-0.4, -0.2) is 23.4 Å². The lowest BCUT2D eigenvalue weighted by atomic mass is 10.2. The Hall–Kier alpha value is -1.39.